The van der Waals surface area contributed by atoms with E-state index in [0.29, 0.717) is 0 Å². The smallest absolute Gasteiger partial charge is 0.336 e. The fraction of sp³-hybridized carbons (Fsp3) is 0.444. The summed E-state index contributed by atoms with van der Waals surface area (Å²) < 4.78 is 68.2. The van der Waals surface area contributed by atoms with E-state index in [0.717, 1.165) is 32.2 Å². The highest BCUT2D eigenvalue weighted by molar-refractivity contribution is 7.89. The van der Waals surface area contributed by atoms with Crippen LogP contribution < -0.4 is 0 Å². The molecule has 0 atom stereocenters. The van der Waals surface area contributed by atoms with Crippen LogP contribution >= 0.6 is 0 Å². The van der Waals surface area contributed by atoms with E-state index in [1.165, 1.54) is 26.0 Å². The number of amides is 1. The lowest BCUT2D eigenvalue weighted by molar-refractivity contribution is -0.387. The van der Waals surface area contributed by atoms with Gasteiger partial charge in [-0.25, -0.2) is 8.42 Å². The Hall–Kier alpha value is -3.00. The van der Waals surface area contributed by atoms with Crippen LogP contribution in [0.2, 0.25) is 0 Å². The lowest BCUT2D eigenvalue weighted by Crippen LogP contribution is -2.50. The monoisotopic (exact) mass is 475 g/mol. The Morgan fingerprint density at radius 1 is 1.16 bits per heavy atom. The summed E-state index contributed by atoms with van der Waals surface area (Å²) in [5.41, 5.74) is -2.35. The van der Waals surface area contributed by atoms with Crippen LogP contribution in [0.25, 0.3) is 0 Å². The van der Waals surface area contributed by atoms with Crippen LogP contribution in [-0.4, -0.2) is 64.4 Å². The van der Waals surface area contributed by atoms with Crippen LogP contribution in [0, 0.1) is 10.1 Å². The van der Waals surface area contributed by atoms with Gasteiger partial charge in [0.05, 0.1) is 16.7 Å². The summed E-state index contributed by atoms with van der Waals surface area (Å²) in [7, 11) is -4.23. The predicted molar refractivity (Wildman–Crippen MR) is 105 cm³/mol. The second-order valence-corrected chi connectivity index (χ2v) is 9.27. The minimum absolute atomic E-state index is 0.178. The number of hydrogen-bond acceptors (Lipinski definition) is 6. The fourth-order valence-corrected chi connectivity index (χ4v) is 5.04. The van der Waals surface area contributed by atoms with Crippen molar-refractivity contribution in [2.24, 2.45) is 0 Å². The molecular formula is C18H20F3N5O5S. The molecule has 3 rings (SSSR count). The zero-order chi connectivity index (χ0) is 23.8. The number of sulfonamides is 1. The number of halogens is 3. The Morgan fingerprint density at radius 3 is 2.28 bits per heavy atom. The highest BCUT2D eigenvalue weighted by Crippen LogP contribution is 2.34. The summed E-state index contributed by atoms with van der Waals surface area (Å²) in [5.74, 6) is -0.910. The average molecular weight is 475 g/mol. The van der Waals surface area contributed by atoms with E-state index in [9.17, 15) is 36.5 Å². The van der Waals surface area contributed by atoms with Gasteiger partial charge in [-0.15, -0.1) is 0 Å². The third-order valence-corrected chi connectivity index (χ3v) is 6.94. The molecule has 0 radical (unpaired) electrons. The van der Waals surface area contributed by atoms with Crippen molar-refractivity contribution < 1.29 is 31.3 Å². The van der Waals surface area contributed by atoms with Crippen LogP contribution in [0.15, 0.2) is 35.4 Å². The summed E-state index contributed by atoms with van der Waals surface area (Å²) in [6, 6.07) is 4.24. The maximum atomic E-state index is 13.6. The molecule has 0 saturated carbocycles. The quantitative estimate of drug-likeness (QED) is 0.484. The topological polar surface area (TPSA) is 119 Å². The second-order valence-electron chi connectivity index (χ2n) is 7.36. The van der Waals surface area contributed by atoms with Gasteiger partial charge in [-0.1, -0.05) is 12.1 Å². The standard InChI is InChI=1S/C18H20F3N5O5S/c1-12(2)25-16(18(19,20)21)13(11-22-25)17(27)23-7-9-24(10-8-23)32(30,31)15-6-4-3-5-14(15)26(28)29/h3-6,11-12H,7-10H2,1-2H3. The molecule has 174 valence electrons. The van der Waals surface area contributed by atoms with Crippen molar-refractivity contribution in [2.75, 3.05) is 26.2 Å². The van der Waals surface area contributed by atoms with Crippen LogP contribution in [0.5, 0.6) is 0 Å². The molecule has 0 unspecified atom stereocenters. The molecule has 10 nitrogen and oxygen atoms in total. The van der Waals surface area contributed by atoms with Crippen molar-refractivity contribution in [3.63, 3.8) is 0 Å². The molecule has 1 aliphatic rings. The first-order chi connectivity index (χ1) is 14.9. The van der Waals surface area contributed by atoms with Gasteiger partial charge in [0.1, 0.15) is 0 Å². The van der Waals surface area contributed by atoms with Crippen molar-refractivity contribution in [2.45, 2.75) is 31.0 Å². The molecule has 0 bridgehead atoms. The number of nitro groups is 1. The lowest BCUT2D eigenvalue weighted by atomic mass is 10.2. The molecule has 0 N–H and O–H groups in total. The van der Waals surface area contributed by atoms with Crippen molar-refractivity contribution in [1.29, 1.82) is 0 Å². The molecule has 2 heterocycles. The maximum absolute atomic E-state index is 13.6. The molecule has 1 amide bonds. The minimum atomic E-state index is -4.80. The van der Waals surface area contributed by atoms with Crippen LogP contribution in [0.4, 0.5) is 18.9 Å². The summed E-state index contributed by atoms with van der Waals surface area (Å²) in [5, 5.41) is 14.9. The number of benzene rings is 1. The number of carbonyl (C=O) groups excluding carboxylic acids is 1. The average Bonchev–Trinajstić information content (AvgIpc) is 3.19. The number of rotatable bonds is 5. The van der Waals surface area contributed by atoms with Crippen molar-refractivity contribution in [3.8, 4) is 0 Å². The highest BCUT2D eigenvalue weighted by Gasteiger charge is 2.42. The maximum Gasteiger partial charge on any atom is 0.433 e. The largest absolute Gasteiger partial charge is 0.433 e. The van der Waals surface area contributed by atoms with Crippen molar-refractivity contribution >= 4 is 21.6 Å². The summed E-state index contributed by atoms with van der Waals surface area (Å²) >= 11 is 0. The van der Waals surface area contributed by atoms with Gasteiger partial charge in [0.15, 0.2) is 10.6 Å². The minimum Gasteiger partial charge on any atom is -0.336 e. The molecule has 14 heteroatoms. The lowest BCUT2D eigenvalue weighted by Gasteiger charge is -2.34. The molecule has 0 aliphatic carbocycles. The number of piperazine rings is 1. The molecule has 32 heavy (non-hydrogen) atoms. The van der Waals surface area contributed by atoms with Gasteiger partial charge < -0.3 is 4.90 Å². The molecule has 1 saturated heterocycles. The summed E-state index contributed by atoms with van der Waals surface area (Å²) in [4.78, 5) is 23.8. The molecular weight excluding hydrogens is 455 g/mol. The number of nitrogens with zero attached hydrogens (tertiary/aromatic N) is 5. The van der Waals surface area contributed by atoms with E-state index in [2.05, 4.69) is 5.10 Å². The van der Waals surface area contributed by atoms with Gasteiger partial charge in [0.25, 0.3) is 11.6 Å². The van der Waals surface area contributed by atoms with Crippen LogP contribution in [-0.2, 0) is 16.2 Å². The number of para-hydroxylation sites is 1. The molecule has 1 aromatic carbocycles. The third kappa shape index (κ3) is 4.32. The van der Waals surface area contributed by atoms with Crippen LogP contribution in [0.3, 0.4) is 0 Å². The Labute approximate surface area is 181 Å². The molecule has 0 spiro atoms. The SMILES string of the molecule is CC(C)n1ncc(C(=O)N2CCN(S(=O)(=O)c3ccccc3[N+](=O)[O-])CC2)c1C(F)(F)F. The molecule has 1 aliphatic heterocycles. The second kappa shape index (κ2) is 8.50. The Bertz CT molecular complexity index is 1140. The van der Waals surface area contributed by atoms with E-state index < -0.39 is 54.9 Å². The first-order valence-electron chi connectivity index (χ1n) is 9.53. The van der Waals surface area contributed by atoms with E-state index in [1.54, 1.807) is 0 Å². The predicted octanol–water partition coefficient (Wildman–Crippen LogP) is 2.54. The Balaban J connectivity index is 1.81. The normalized spacial score (nSPS) is 15.9. The van der Waals surface area contributed by atoms with Gasteiger partial charge in [0, 0.05) is 38.3 Å². The zero-order valence-electron chi connectivity index (χ0n) is 17.1. The van der Waals surface area contributed by atoms with Gasteiger partial charge in [-0.2, -0.15) is 22.6 Å². The number of nitro benzene ring substituents is 1. The number of aromatic nitrogens is 2. The zero-order valence-corrected chi connectivity index (χ0v) is 17.9. The fourth-order valence-electron chi connectivity index (χ4n) is 3.46. The van der Waals surface area contributed by atoms with Gasteiger partial charge in [-0.3, -0.25) is 19.6 Å². The van der Waals surface area contributed by atoms with E-state index >= 15 is 0 Å². The van der Waals surface area contributed by atoms with Gasteiger partial charge >= 0.3 is 6.18 Å². The number of alkyl halides is 3. The molecule has 1 fully saturated rings. The number of hydrogen-bond donors (Lipinski definition) is 0. The third-order valence-electron chi connectivity index (χ3n) is 4.99. The van der Waals surface area contributed by atoms with E-state index in [1.807, 2.05) is 0 Å². The first-order valence-corrected chi connectivity index (χ1v) is 11.0. The molecule has 1 aromatic heterocycles. The highest BCUT2D eigenvalue weighted by atomic mass is 32.2. The number of carbonyl (C=O) groups is 1. The van der Waals surface area contributed by atoms with Gasteiger partial charge in [-0.05, 0) is 19.9 Å². The first kappa shape index (κ1) is 23.7. The Kier molecular flexibility index (Phi) is 6.29. The summed E-state index contributed by atoms with van der Waals surface area (Å²) in [6.45, 7) is 2.21. The van der Waals surface area contributed by atoms with E-state index in [4.69, 9.17) is 0 Å². The molecule has 2 aromatic rings. The van der Waals surface area contributed by atoms with Gasteiger partial charge in [0.2, 0.25) is 10.0 Å². The summed E-state index contributed by atoms with van der Waals surface area (Å²) in [6.07, 6.45) is -3.94. The Morgan fingerprint density at radius 2 is 1.75 bits per heavy atom. The van der Waals surface area contributed by atoms with Crippen molar-refractivity contribution in [1.82, 2.24) is 19.0 Å². The van der Waals surface area contributed by atoms with Crippen LogP contribution in [0.1, 0.15) is 35.9 Å². The van der Waals surface area contributed by atoms with E-state index in [-0.39, 0.29) is 26.2 Å². The van der Waals surface area contributed by atoms with Crippen molar-refractivity contribution in [3.05, 3.63) is 51.8 Å².